The van der Waals surface area contributed by atoms with Crippen LogP contribution in [0.1, 0.15) is 43.0 Å². The highest BCUT2D eigenvalue weighted by atomic mass is 19.4. The molecule has 0 saturated carbocycles. The second-order valence-electron chi connectivity index (χ2n) is 7.79. The van der Waals surface area contributed by atoms with Gasteiger partial charge in [0.05, 0.1) is 6.61 Å². The zero-order valence-corrected chi connectivity index (χ0v) is 17.6. The van der Waals surface area contributed by atoms with Crippen molar-refractivity contribution < 1.29 is 37.0 Å². The lowest BCUT2D eigenvalue weighted by Gasteiger charge is -2.45. The number of ether oxygens (including phenoxy) is 1. The van der Waals surface area contributed by atoms with Crippen LogP contribution in [0.4, 0.5) is 17.6 Å². The number of piperidine rings is 1. The van der Waals surface area contributed by atoms with Gasteiger partial charge in [0.2, 0.25) is 0 Å². The smallest absolute Gasteiger partial charge is 0.475 e. The molecular weight excluding hydrogens is 420 g/mol. The van der Waals surface area contributed by atoms with Crippen molar-refractivity contribution in [3.8, 4) is 0 Å². The Morgan fingerprint density at radius 2 is 1.71 bits per heavy atom. The Morgan fingerprint density at radius 3 is 2.19 bits per heavy atom. The second kappa shape index (κ2) is 10.4. The maximum Gasteiger partial charge on any atom is 0.490 e. The number of carbonyl (C=O) groups is 2. The molecule has 2 saturated heterocycles. The van der Waals surface area contributed by atoms with Gasteiger partial charge in [0.25, 0.3) is 5.91 Å². The zero-order valence-electron chi connectivity index (χ0n) is 17.6. The molecule has 1 unspecified atom stereocenters. The van der Waals surface area contributed by atoms with Crippen molar-refractivity contribution in [2.45, 2.75) is 50.4 Å². The summed E-state index contributed by atoms with van der Waals surface area (Å²) >= 11 is 0. The van der Waals surface area contributed by atoms with E-state index in [2.05, 4.69) is 11.9 Å². The summed E-state index contributed by atoms with van der Waals surface area (Å²) < 4.78 is 50.4. The van der Waals surface area contributed by atoms with Gasteiger partial charge < -0.3 is 14.7 Å². The first-order valence-corrected chi connectivity index (χ1v) is 10.2. The minimum Gasteiger partial charge on any atom is -0.475 e. The van der Waals surface area contributed by atoms with E-state index >= 15 is 0 Å². The highest BCUT2D eigenvalue weighted by Gasteiger charge is 2.46. The highest BCUT2D eigenvalue weighted by Crippen LogP contribution is 2.40. The lowest BCUT2D eigenvalue weighted by molar-refractivity contribution is -0.192. The Labute approximate surface area is 178 Å². The maximum atomic E-state index is 13.0. The van der Waals surface area contributed by atoms with E-state index < -0.39 is 12.1 Å². The van der Waals surface area contributed by atoms with Crippen LogP contribution in [-0.4, -0.2) is 77.9 Å². The summed E-state index contributed by atoms with van der Waals surface area (Å²) in [6, 6.07) is 6.33. The quantitative estimate of drug-likeness (QED) is 0.714. The average Bonchev–Trinajstić information content (AvgIpc) is 3.02. The predicted octanol–water partition coefficient (Wildman–Crippen LogP) is 3.56. The number of rotatable bonds is 4. The summed E-state index contributed by atoms with van der Waals surface area (Å²) in [5, 5.41) is 7.12. The number of hydrogen-bond donors (Lipinski definition) is 1. The molecule has 1 atom stereocenters. The molecule has 1 spiro atoms. The Hall–Kier alpha value is -2.20. The first-order valence-electron chi connectivity index (χ1n) is 10.2. The molecule has 2 aliphatic rings. The lowest BCUT2D eigenvalue weighted by Crippen LogP contribution is -2.54. The third kappa shape index (κ3) is 6.39. The van der Waals surface area contributed by atoms with E-state index in [-0.39, 0.29) is 17.3 Å². The van der Waals surface area contributed by atoms with Crippen molar-refractivity contribution >= 4 is 11.9 Å². The molecule has 1 aromatic carbocycles. The molecule has 3 rings (SSSR count). The fraction of sp³-hybridized carbons (Fsp3) is 0.619. The molecule has 6 nitrogen and oxygen atoms in total. The van der Waals surface area contributed by atoms with E-state index in [0.29, 0.717) is 11.6 Å². The van der Waals surface area contributed by atoms with Crippen LogP contribution in [0.2, 0.25) is 0 Å². The summed E-state index contributed by atoms with van der Waals surface area (Å²) in [5.41, 5.74) is 0.780. The van der Waals surface area contributed by atoms with E-state index in [1.54, 1.807) is 12.1 Å². The fourth-order valence-electron chi connectivity index (χ4n) is 4.15. The lowest BCUT2D eigenvalue weighted by atomic mass is 9.85. The maximum absolute atomic E-state index is 13.0. The summed E-state index contributed by atoms with van der Waals surface area (Å²) in [4.78, 5) is 25.9. The SMILES string of the molecule is CCOCC1CCC2(CCN(C(=O)c3ccc(F)cc3)CC2)N1C.O=C(O)C(F)(F)F. The number of amides is 1. The zero-order chi connectivity index (χ0) is 23.2. The molecule has 2 heterocycles. The molecule has 31 heavy (non-hydrogen) atoms. The second-order valence-corrected chi connectivity index (χ2v) is 7.79. The van der Waals surface area contributed by atoms with Crippen LogP contribution in [0.15, 0.2) is 24.3 Å². The van der Waals surface area contributed by atoms with Crippen molar-refractivity contribution in [3.63, 3.8) is 0 Å². The van der Waals surface area contributed by atoms with E-state index in [1.165, 1.54) is 25.0 Å². The number of benzene rings is 1. The molecule has 1 amide bonds. The molecular formula is C21H28F4N2O4. The van der Waals surface area contributed by atoms with Crippen molar-refractivity contribution in [1.82, 2.24) is 9.80 Å². The molecule has 2 fully saturated rings. The van der Waals surface area contributed by atoms with E-state index in [0.717, 1.165) is 39.1 Å². The number of hydrogen-bond acceptors (Lipinski definition) is 4. The molecule has 0 aromatic heterocycles. The summed E-state index contributed by atoms with van der Waals surface area (Å²) in [5.74, 6) is -3.05. The van der Waals surface area contributed by atoms with Gasteiger partial charge in [0.1, 0.15) is 5.82 Å². The summed E-state index contributed by atoms with van der Waals surface area (Å²) in [7, 11) is 2.20. The van der Waals surface area contributed by atoms with Crippen molar-refractivity contribution in [3.05, 3.63) is 35.6 Å². The van der Waals surface area contributed by atoms with Gasteiger partial charge in [-0.3, -0.25) is 9.69 Å². The normalized spacial score (nSPS) is 21.0. The third-order valence-corrected chi connectivity index (χ3v) is 6.07. The standard InChI is InChI=1S/C19H27FN2O2.C2HF3O2/c1-3-24-14-17-8-9-19(21(17)2)10-12-22(13-11-19)18(23)15-4-6-16(20)7-5-15;3-2(4,5)1(6)7/h4-7,17H,3,8-14H2,1-2H3;(H,6,7). The molecule has 2 aliphatic heterocycles. The fourth-order valence-corrected chi connectivity index (χ4v) is 4.15. The molecule has 1 aromatic rings. The van der Waals surface area contributed by atoms with Gasteiger partial charge in [0.15, 0.2) is 0 Å². The van der Waals surface area contributed by atoms with E-state index in [9.17, 15) is 22.4 Å². The van der Waals surface area contributed by atoms with Gasteiger partial charge >= 0.3 is 12.1 Å². The number of halogens is 4. The molecule has 0 aliphatic carbocycles. The van der Waals surface area contributed by atoms with Crippen LogP contribution in [0.3, 0.4) is 0 Å². The van der Waals surface area contributed by atoms with Crippen LogP contribution in [0.5, 0.6) is 0 Å². The Bertz CT molecular complexity index is 747. The molecule has 0 radical (unpaired) electrons. The minimum atomic E-state index is -5.08. The number of aliphatic carboxylic acids is 1. The first-order chi connectivity index (χ1) is 14.5. The number of carboxylic acids is 1. The van der Waals surface area contributed by atoms with Crippen LogP contribution < -0.4 is 0 Å². The number of carbonyl (C=O) groups excluding carboxylic acids is 1. The number of nitrogens with zero attached hydrogens (tertiary/aromatic N) is 2. The van der Waals surface area contributed by atoms with Crippen molar-refractivity contribution in [2.24, 2.45) is 0 Å². The van der Waals surface area contributed by atoms with Gasteiger partial charge in [-0.05, 0) is 63.9 Å². The topological polar surface area (TPSA) is 70.1 Å². The Morgan fingerprint density at radius 1 is 1.16 bits per heavy atom. The molecule has 1 N–H and O–H groups in total. The largest absolute Gasteiger partial charge is 0.490 e. The van der Waals surface area contributed by atoms with Gasteiger partial charge in [-0.25, -0.2) is 9.18 Å². The Kier molecular flexibility index (Phi) is 8.41. The summed E-state index contributed by atoms with van der Waals surface area (Å²) in [6.07, 6.45) is -0.736. The Balaban J connectivity index is 0.000000423. The molecule has 0 bridgehead atoms. The molecule has 174 valence electrons. The van der Waals surface area contributed by atoms with Gasteiger partial charge in [0, 0.05) is 36.8 Å². The van der Waals surface area contributed by atoms with E-state index in [1.807, 2.05) is 11.8 Å². The van der Waals surface area contributed by atoms with Crippen molar-refractivity contribution in [2.75, 3.05) is 33.4 Å². The number of likely N-dealkylation sites (N-methyl/N-ethyl adjacent to an activating group) is 1. The third-order valence-electron chi connectivity index (χ3n) is 6.07. The van der Waals surface area contributed by atoms with Gasteiger partial charge in [-0.2, -0.15) is 13.2 Å². The van der Waals surface area contributed by atoms with Crippen LogP contribution in [0.25, 0.3) is 0 Å². The van der Waals surface area contributed by atoms with Crippen LogP contribution in [0, 0.1) is 5.82 Å². The van der Waals surface area contributed by atoms with E-state index in [4.69, 9.17) is 14.6 Å². The van der Waals surface area contributed by atoms with Crippen molar-refractivity contribution in [1.29, 1.82) is 0 Å². The van der Waals surface area contributed by atoms with Crippen LogP contribution >= 0.6 is 0 Å². The van der Waals surface area contributed by atoms with Gasteiger partial charge in [-0.1, -0.05) is 0 Å². The van der Waals surface area contributed by atoms with Crippen LogP contribution in [-0.2, 0) is 9.53 Å². The van der Waals surface area contributed by atoms with Gasteiger partial charge in [-0.15, -0.1) is 0 Å². The summed E-state index contributed by atoms with van der Waals surface area (Å²) in [6.45, 7) is 5.12. The highest BCUT2D eigenvalue weighted by molar-refractivity contribution is 5.94. The monoisotopic (exact) mass is 448 g/mol. The predicted molar refractivity (Wildman–Crippen MR) is 105 cm³/mol. The average molecular weight is 448 g/mol. The molecule has 10 heteroatoms. The minimum absolute atomic E-state index is 0.0105. The number of alkyl halides is 3. The number of carboxylic acid groups (broad SMARTS) is 1. The first kappa shape index (κ1) is 25.1. The number of likely N-dealkylation sites (tertiary alicyclic amines) is 2.